The van der Waals surface area contributed by atoms with Crippen LogP contribution < -0.4 is 20.7 Å². The number of amides is 1. The Bertz CT molecular complexity index is 1180. The molecule has 1 aliphatic heterocycles. The molecule has 4 rings (SSSR count). The molecule has 1 amide bonds. The van der Waals surface area contributed by atoms with E-state index in [-0.39, 0.29) is 59.6 Å². The molecule has 1 fully saturated rings. The van der Waals surface area contributed by atoms with Crippen molar-refractivity contribution in [3.05, 3.63) is 66.0 Å². The fourth-order valence-corrected chi connectivity index (χ4v) is 3.96. The fraction of sp³-hybridized carbons (Fsp3) is 0.261. The first kappa shape index (κ1) is 25.3. The number of nitrogens with one attached hydrogen (secondary N) is 1. The first-order valence-corrected chi connectivity index (χ1v) is 10.3. The van der Waals surface area contributed by atoms with Crippen LogP contribution in [0.3, 0.4) is 0 Å². The van der Waals surface area contributed by atoms with E-state index in [1.807, 2.05) is 4.90 Å². The maximum Gasteiger partial charge on any atom is 0.274 e. The molecular formula is C23H24ClF2N5O3. The molecule has 0 bridgehead atoms. The lowest BCUT2D eigenvalue weighted by Gasteiger charge is -2.27. The van der Waals surface area contributed by atoms with Crippen molar-refractivity contribution in [1.29, 1.82) is 0 Å². The summed E-state index contributed by atoms with van der Waals surface area (Å²) < 4.78 is 33.7. The molecule has 2 aromatic carbocycles. The van der Waals surface area contributed by atoms with Crippen LogP contribution in [0.15, 0.2) is 48.7 Å². The van der Waals surface area contributed by atoms with E-state index in [1.165, 1.54) is 49.7 Å². The molecule has 2 heterocycles. The van der Waals surface area contributed by atoms with Crippen LogP contribution in [0.4, 0.5) is 20.2 Å². The van der Waals surface area contributed by atoms with Gasteiger partial charge in [-0.3, -0.25) is 4.79 Å². The van der Waals surface area contributed by atoms with Crippen molar-refractivity contribution >= 4 is 29.7 Å². The number of aliphatic hydroxyl groups excluding tert-OH is 1. The minimum Gasteiger partial charge on any atom is -0.496 e. The van der Waals surface area contributed by atoms with Crippen LogP contribution in [-0.2, 0) is 0 Å². The maximum atomic E-state index is 14.4. The van der Waals surface area contributed by atoms with E-state index >= 15 is 0 Å². The van der Waals surface area contributed by atoms with Crippen LogP contribution >= 0.6 is 12.4 Å². The number of halogens is 3. The topological polar surface area (TPSA) is 114 Å². The summed E-state index contributed by atoms with van der Waals surface area (Å²) in [6.07, 6.45) is 1.90. The van der Waals surface area contributed by atoms with Gasteiger partial charge in [0.15, 0.2) is 5.82 Å². The number of aromatic nitrogens is 2. The second-order valence-corrected chi connectivity index (χ2v) is 7.68. The number of carbonyl (C=O) groups is 1. The van der Waals surface area contributed by atoms with E-state index in [2.05, 4.69) is 15.3 Å². The number of nitrogens with two attached hydrogens (primary N) is 1. The van der Waals surface area contributed by atoms with Gasteiger partial charge in [0.25, 0.3) is 5.91 Å². The molecule has 0 unspecified atom stereocenters. The van der Waals surface area contributed by atoms with Crippen LogP contribution in [-0.4, -0.2) is 53.3 Å². The molecule has 11 heteroatoms. The van der Waals surface area contributed by atoms with Gasteiger partial charge >= 0.3 is 0 Å². The zero-order valence-corrected chi connectivity index (χ0v) is 19.1. The van der Waals surface area contributed by atoms with Gasteiger partial charge in [-0.25, -0.2) is 18.7 Å². The smallest absolute Gasteiger partial charge is 0.274 e. The Kier molecular flexibility index (Phi) is 7.98. The zero-order chi connectivity index (χ0) is 23.5. The van der Waals surface area contributed by atoms with Crippen LogP contribution in [0.5, 0.6) is 5.75 Å². The average Bonchev–Trinajstić information content (AvgIpc) is 3.19. The standard InChI is InChI=1S/C23H23F2N5O3.ClH/c1-33-20-4-2-3-16(25)21(20)22-27-8-7-17(28-22)23(32)29-18-9-13(24)5-6-19(18)30-11-14(26)10-15(30)12-31;/h2-9,14-15,31H,10-12,26H2,1H3,(H,29,32);1H/t14-,15-;/m0./s1. The van der Waals surface area contributed by atoms with Gasteiger partial charge in [0, 0.05) is 18.8 Å². The van der Waals surface area contributed by atoms with Gasteiger partial charge in [-0.1, -0.05) is 6.07 Å². The largest absolute Gasteiger partial charge is 0.496 e. The van der Waals surface area contributed by atoms with Gasteiger partial charge in [0.1, 0.15) is 23.1 Å². The van der Waals surface area contributed by atoms with Crippen molar-refractivity contribution < 1.29 is 23.4 Å². The number of ether oxygens (including phenoxy) is 1. The molecule has 34 heavy (non-hydrogen) atoms. The predicted octanol–water partition coefficient (Wildman–Crippen LogP) is 3.00. The van der Waals surface area contributed by atoms with Gasteiger partial charge in [0.2, 0.25) is 0 Å². The summed E-state index contributed by atoms with van der Waals surface area (Å²) in [5.74, 6) is -1.58. The quantitative estimate of drug-likeness (QED) is 0.485. The van der Waals surface area contributed by atoms with Crippen molar-refractivity contribution in [1.82, 2.24) is 9.97 Å². The third kappa shape index (κ3) is 5.09. The second-order valence-electron chi connectivity index (χ2n) is 7.68. The van der Waals surface area contributed by atoms with E-state index in [0.717, 1.165) is 0 Å². The lowest BCUT2D eigenvalue weighted by atomic mass is 10.1. The minimum atomic E-state index is -0.634. The van der Waals surface area contributed by atoms with Gasteiger partial charge < -0.3 is 25.8 Å². The average molecular weight is 492 g/mol. The van der Waals surface area contributed by atoms with Crippen LogP contribution in [0.2, 0.25) is 0 Å². The fourth-order valence-electron chi connectivity index (χ4n) is 3.96. The van der Waals surface area contributed by atoms with E-state index in [0.29, 0.717) is 18.7 Å². The van der Waals surface area contributed by atoms with Crippen molar-refractivity contribution in [3.8, 4) is 17.1 Å². The van der Waals surface area contributed by atoms with E-state index in [9.17, 15) is 18.7 Å². The molecule has 1 saturated heterocycles. The highest BCUT2D eigenvalue weighted by Crippen LogP contribution is 2.33. The van der Waals surface area contributed by atoms with Crippen molar-refractivity contribution in [2.24, 2.45) is 5.73 Å². The van der Waals surface area contributed by atoms with E-state index in [1.54, 1.807) is 6.07 Å². The lowest BCUT2D eigenvalue weighted by molar-refractivity contribution is 0.102. The SMILES string of the molecule is COc1cccc(F)c1-c1nccc(C(=O)Nc2cc(F)ccc2N2C[C@@H](N)C[C@H]2CO)n1.Cl. The zero-order valence-electron chi connectivity index (χ0n) is 18.2. The molecular weight excluding hydrogens is 468 g/mol. The summed E-state index contributed by atoms with van der Waals surface area (Å²) in [6.45, 7) is 0.322. The minimum absolute atomic E-state index is 0. The Balaban J connectivity index is 0.00000324. The number of hydrogen-bond acceptors (Lipinski definition) is 7. The van der Waals surface area contributed by atoms with Gasteiger partial charge in [-0.15, -0.1) is 12.4 Å². The molecule has 1 aromatic heterocycles. The Labute approximate surface area is 201 Å². The Morgan fingerprint density at radius 1 is 1.29 bits per heavy atom. The number of methoxy groups -OCH3 is 1. The highest BCUT2D eigenvalue weighted by Gasteiger charge is 2.31. The summed E-state index contributed by atoms with van der Waals surface area (Å²) in [5.41, 5.74) is 6.75. The summed E-state index contributed by atoms with van der Waals surface area (Å²) in [4.78, 5) is 23.1. The number of benzene rings is 2. The molecule has 3 aromatic rings. The molecule has 0 spiro atoms. The number of rotatable bonds is 6. The summed E-state index contributed by atoms with van der Waals surface area (Å²) in [5, 5.41) is 12.4. The first-order valence-electron chi connectivity index (χ1n) is 10.3. The summed E-state index contributed by atoms with van der Waals surface area (Å²) in [7, 11) is 1.39. The molecule has 8 nitrogen and oxygen atoms in total. The number of hydrogen-bond donors (Lipinski definition) is 3. The molecule has 0 aliphatic carbocycles. The Morgan fingerprint density at radius 3 is 2.82 bits per heavy atom. The third-order valence-corrected chi connectivity index (χ3v) is 5.48. The Morgan fingerprint density at radius 2 is 2.09 bits per heavy atom. The van der Waals surface area contributed by atoms with Crippen LogP contribution in [0.25, 0.3) is 11.4 Å². The van der Waals surface area contributed by atoms with Crippen LogP contribution in [0.1, 0.15) is 16.9 Å². The summed E-state index contributed by atoms with van der Waals surface area (Å²) >= 11 is 0. The van der Waals surface area contributed by atoms with Crippen molar-refractivity contribution in [3.63, 3.8) is 0 Å². The van der Waals surface area contributed by atoms with Gasteiger partial charge in [-0.2, -0.15) is 0 Å². The van der Waals surface area contributed by atoms with Crippen molar-refractivity contribution in [2.75, 3.05) is 30.5 Å². The number of carbonyl (C=O) groups excluding carboxylic acids is 1. The van der Waals surface area contributed by atoms with E-state index < -0.39 is 17.5 Å². The molecule has 0 radical (unpaired) electrons. The summed E-state index contributed by atoms with van der Waals surface area (Å²) in [6, 6.07) is 9.25. The molecule has 1 aliphatic rings. The number of anilines is 2. The molecule has 4 N–H and O–H groups in total. The van der Waals surface area contributed by atoms with Gasteiger partial charge in [-0.05, 0) is 42.8 Å². The van der Waals surface area contributed by atoms with E-state index in [4.69, 9.17) is 10.5 Å². The normalized spacial score (nSPS) is 17.3. The monoisotopic (exact) mass is 491 g/mol. The Hall–Kier alpha value is -3.34. The lowest BCUT2D eigenvalue weighted by Crippen LogP contribution is -2.33. The first-order chi connectivity index (χ1) is 15.9. The molecule has 180 valence electrons. The second kappa shape index (κ2) is 10.7. The predicted molar refractivity (Wildman–Crippen MR) is 126 cm³/mol. The molecule has 0 saturated carbocycles. The number of aliphatic hydroxyl groups is 1. The molecule has 2 atom stereocenters. The third-order valence-electron chi connectivity index (χ3n) is 5.48. The van der Waals surface area contributed by atoms with Crippen LogP contribution in [0, 0.1) is 11.6 Å². The van der Waals surface area contributed by atoms with Gasteiger partial charge in [0.05, 0.1) is 36.7 Å². The highest BCUT2D eigenvalue weighted by atomic mass is 35.5. The van der Waals surface area contributed by atoms with Crippen molar-refractivity contribution in [2.45, 2.75) is 18.5 Å². The maximum absolute atomic E-state index is 14.4. The number of nitrogens with zero attached hydrogens (tertiary/aromatic N) is 3. The highest BCUT2D eigenvalue weighted by molar-refractivity contribution is 6.05.